The fourth-order valence-corrected chi connectivity index (χ4v) is 4.63. The highest BCUT2D eigenvalue weighted by atomic mass is 32.2. The summed E-state index contributed by atoms with van der Waals surface area (Å²) in [6.07, 6.45) is 0.165. The molecule has 29 heavy (non-hydrogen) atoms. The number of rotatable bonds is 6. The van der Waals surface area contributed by atoms with Crippen molar-refractivity contribution < 1.29 is 18.5 Å². The molecule has 0 saturated heterocycles. The number of ether oxygens (including phenoxy) is 2. The fraction of sp³-hybridized carbons (Fsp3) is 0.238. The van der Waals surface area contributed by atoms with E-state index in [4.69, 9.17) is 9.47 Å². The van der Waals surface area contributed by atoms with E-state index in [1.54, 1.807) is 31.0 Å². The third kappa shape index (κ3) is 3.88. The maximum absolute atomic E-state index is 12.8. The Bertz CT molecular complexity index is 1080. The summed E-state index contributed by atoms with van der Waals surface area (Å²) in [5.74, 6) is 2.39. The summed E-state index contributed by atoms with van der Waals surface area (Å²) < 4.78 is 24.3. The number of anilines is 1. The second kappa shape index (κ2) is 8.08. The van der Waals surface area contributed by atoms with Crippen LogP contribution in [0.5, 0.6) is 11.5 Å². The van der Waals surface area contributed by atoms with Gasteiger partial charge in [0, 0.05) is 16.4 Å². The summed E-state index contributed by atoms with van der Waals surface area (Å²) in [6, 6.07) is 15.0. The normalized spacial score (nSPS) is 15.0. The van der Waals surface area contributed by atoms with Crippen LogP contribution >= 0.6 is 0 Å². The van der Waals surface area contributed by atoms with E-state index in [0.29, 0.717) is 28.8 Å². The minimum atomic E-state index is -0.982. The molecule has 0 fully saturated rings. The van der Waals surface area contributed by atoms with E-state index in [0.717, 1.165) is 22.5 Å². The number of aromatic nitrogens is 2. The van der Waals surface area contributed by atoms with Crippen LogP contribution in [0, 0.1) is 0 Å². The van der Waals surface area contributed by atoms with Crippen molar-refractivity contribution in [2.24, 2.45) is 0 Å². The number of nitrogens with one attached hydrogen (secondary N) is 1. The number of fused-ring (bicyclic) bond motifs is 1. The van der Waals surface area contributed by atoms with E-state index in [1.807, 2.05) is 36.4 Å². The quantitative estimate of drug-likeness (QED) is 0.675. The van der Waals surface area contributed by atoms with Crippen molar-refractivity contribution in [1.29, 1.82) is 0 Å². The van der Waals surface area contributed by atoms with E-state index in [9.17, 15) is 9.00 Å². The molecule has 2 aromatic carbocycles. The van der Waals surface area contributed by atoms with E-state index in [-0.39, 0.29) is 12.3 Å². The van der Waals surface area contributed by atoms with Gasteiger partial charge in [-0.2, -0.15) is 5.10 Å². The topological polar surface area (TPSA) is 82.5 Å². The molecule has 0 radical (unpaired) electrons. The molecule has 0 unspecified atom stereocenters. The Labute approximate surface area is 171 Å². The zero-order valence-corrected chi connectivity index (χ0v) is 17.0. The van der Waals surface area contributed by atoms with E-state index >= 15 is 0 Å². The molecule has 4 rings (SSSR count). The number of benzene rings is 2. The Morgan fingerprint density at radius 2 is 1.86 bits per heavy atom. The minimum absolute atomic E-state index is 0.165. The third-order valence-corrected chi connectivity index (χ3v) is 5.95. The molecule has 2 heterocycles. The third-order valence-electron chi connectivity index (χ3n) is 4.74. The van der Waals surface area contributed by atoms with Gasteiger partial charge in [-0.15, -0.1) is 0 Å². The zero-order chi connectivity index (χ0) is 20.4. The van der Waals surface area contributed by atoms with Gasteiger partial charge in [0.2, 0.25) is 5.91 Å². The standard InChI is InChI=1S/C21H21N3O4S/c1-27-18-9-8-14(10-19(18)28-2)11-20(25)22-21-16-12-29(26)13-17(16)23-24(21)15-6-4-3-5-7-15/h3-10H,11-13H2,1-2H3,(H,22,25)/t29-/m0/s1. The number of hydrogen-bond donors (Lipinski definition) is 1. The molecular formula is C21H21N3O4S. The lowest BCUT2D eigenvalue weighted by molar-refractivity contribution is -0.115. The van der Waals surface area contributed by atoms with Crippen LogP contribution in [0.4, 0.5) is 5.82 Å². The summed E-state index contributed by atoms with van der Waals surface area (Å²) in [7, 11) is 2.15. The molecule has 0 spiro atoms. The lowest BCUT2D eigenvalue weighted by atomic mass is 10.1. The highest BCUT2D eigenvalue weighted by molar-refractivity contribution is 7.83. The smallest absolute Gasteiger partial charge is 0.229 e. The summed E-state index contributed by atoms with van der Waals surface area (Å²) in [6.45, 7) is 0. The van der Waals surface area contributed by atoms with Crippen LogP contribution in [0.2, 0.25) is 0 Å². The molecule has 1 atom stereocenters. The van der Waals surface area contributed by atoms with Gasteiger partial charge in [0.15, 0.2) is 11.5 Å². The van der Waals surface area contributed by atoms with Crippen molar-refractivity contribution in [2.45, 2.75) is 17.9 Å². The van der Waals surface area contributed by atoms with Crippen LogP contribution < -0.4 is 14.8 Å². The first-order valence-corrected chi connectivity index (χ1v) is 10.6. The largest absolute Gasteiger partial charge is 0.493 e. The van der Waals surface area contributed by atoms with Crippen LogP contribution in [-0.2, 0) is 33.5 Å². The van der Waals surface area contributed by atoms with Crippen molar-refractivity contribution in [3.05, 3.63) is 65.4 Å². The molecule has 1 aliphatic heterocycles. The van der Waals surface area contributed by atoms with Crippen LogP contribution in [0.25, 0.3) is 5.69 Å². The number of carbonyl (C=O) groups is 1. The van der Waals surface area contributed by atoms with Gasteiger partial charge in [0.05, 0.1) is 43.5 Å². The monoisotopic (exact) mass is 411 g/mol. The number of carbonyl (C=O) groups excluding carboxylic acids is 1. The van der Waals surface area contributed by atoms with Crippen LogP contribution in [0.15, 0.2) is 48.5 Å². The van der Waals surface area contributed by atoms with E-state index in [2.05, 4.69) is 10.4 Å². The maximum atomic E-state index is 12.8. The number of amides is 1. The predicted molar refractivity (Wildman–Crippen MR) is 111 cm³/mol. The van der Waals surface area contributed by atoms with Crippen molar-refractivity contribution in [1.82, 2.24) is 9.78 Å². The highest BCUT2D eigenvalue weighted by Gasteiger charge is 2.28. The van der Waals surface area contributed by atoms with Gasteiger partial charge in [0.25, 0.3) is 0 Å². The SMILES string of the molecule is COc1ccc(CC(=O)Nc2c3c(nn2-c2ccccc2)C[S@@](=O)C3)cc1OC. The molecule has 1 N–H and O–H groups in total. The minimum Gasteiger partial charge on any atom is -0.493 e. The Kier molecular flexibility index (Phi) is 5.35. The molecule has 8 heteroatoms. The second-order valence-corrected chi connectivity index (χ2v) is 8.12. The Morgan fingerprint density at radius 1 is 1.10 bits per heavy atom. The summed E-state index contributed by atoms with van der Waals surface area (Å²) in [5.41, 5.74) is 3.25. The Morgan fingerprint density at radius 3 is 2.59 bits per heavy atom. The summed E-state index contributed by atoms with van der Waals surface area (Å²) in [5, 5.41) is 7.57. The van der Waals surface area contributed by atoms with Gasteiger partial charge in [-0.1, -0.05) is 24.3 Å². The second-order valence-electron chi connectivity index (χ2n) is 6.66. The molecule has 1 amide bonds. The van der Waals surface area contributed by atoms with Crippen LogP contribution in [-0.4, -0.2) is 34.1 Å². The van der Waals surface area contributed by atoms with Crippen molar-refractivity contribution in [3.8, 4) is 17.2 Å². The van der Waals surface area contributed by atoms with Gasteiger partial charge in [-0.25, -0.2) is 4.68 Å². The lowest BCUT2D eigenvalue weighted by Gasteiger charge is -2.12. The van der Waals surface area contributed by atoms with E-state index in [1.165, 1.54) is 0 Å². The van der Waals surface area contributed by atoms with Crippen LogP contribution in [0.3, 0.4) is 0 Å². The first kappa shape index (κ1) is 19.2. The molecule has 7 nitrogen and oxygen atoms in total. The van der Waals surface area contributed by atoms with Crippen LogP contribution in [0.1, 0.15) is 16.8 Å². The number of para-hydroxylation sites is 1. The molecule has 3 aromatic rings. The van der Waals surface area contributed by atoms with Crippen molar-refractivity contribution >= 4 is 22.5 Å². The van der Waals surface area contributed by atoms with Crippen molar-refractivity contribution in [2.75, 3.05) is 19.5 Å². The molecule has 150 valence electrons. The summed E-state index contributed by atoms with van der Waals surface area (Å²) in [4.78, 5) is 12.8. The molecule has 0 bridgehead atoms. The number of methoxy groups -OCH3 is 2. The van der Waals surface area contributed by atoms with Gasteiger partial charge in [-0.3, -0.25) is 9.00 Å². The molecule has 1 aliphatic rings. The predicted octanol–water partition coefficient (Wildman–Crippen LogP) is 2.83. The van der Waals surface area contributed by atoms with Crippen molar-refractivity contribution in [3.63, 3.8) is 0 Å². The van der Waals surface area contributed by atoms with Gasteiger partial charge >= 0.3 is 0 Å². The first-order valence-electron chi connectivity index (χ1n) is 9.11. The Hall–Kier alpha value is -3.13. The summed E-state index contributed by atoms with van der Waals surface area (Å²) >= 11 is 0. The molecule has 1 aromatic heterocycles. The average Bonchev–Trinajstić information content (AvgIpc) is 3.25. The molecule has 0 aliphatic carbocycles. The Balaban J connectivity index is 1.61. The maximum Gasteiger partial charge on any atom is 0.229 e. The number of nitrogens with zero attached hydrogens (tertiary/aromatic N) is 2. The van der Waals surface area contributed by atoms with Gasteiger partial charge in [0.1, 0.15) is 5.82 Å². The van der Waals surface area contributed by atoms with Gasteiger partial charge < -0.3 is 14.8 Å². The first-order chi connectivity index (χ1) is 14.1. The molecular weight excluding hydrogens is 390 g/mol. The molecule has 0 saturated carbocycles. The number of hydrogen-bond acceptors (Lipinski definition) is 5. The van der Waals surface area contributed by atoms with E-state index < -0.39 is 10.8 Å². The highest BCUT2D eigenvalue weighted by Crippen LogP contribution is 2.32. The average molecular weight is 411 g/mol. The zero-order valence-electron chi connectivity index (χ0n) is 16.2. The van der Waals surface area contributed by atoms with Gasteiger partial charge in [-0.05, 0) is 29.8 Å². The lowest BCUT2D eigenvalue weighted by Crippen LogP contribution is -2.18. The fourth-order valence-electron chi connectivity index (χ4n) is 3.36.